The predicted octanol–water partition coefficient (Wildman–Crippen LogP) is 4.98. The molecule has 0 saturated carbocycles. The van der Waals surface area contributed by atoms with E-state index in [2.05, 4.69) is 5.32 Å². The third-order valence-corrected chi connectivity index (χ3v) is 8.35. The van der Waals surface area contributed by atoms with Crippen molar-refractivity contribution in [3.8, 4) is 5.75 Å². The molecule has 0 unspecified atom stereocenters. The van der Waals surface area contributed by atoms with Crippen LogP contribution in [0.1, 0.15) is 37.0 Å². The summed E-state index contributed by atoms with van der Waals surface area (Å²) in [7, 11) is -2.49. The Hall–Kier alpha value is -3.56. The zero-order chi connectivity index (χ0) is 30.2. The van der Waals surface area contributed by atoms with Crippen LogP contribution in [0.15, 0.2) is 72.8 Å². The number of nitrogens with zero attached hydrogens (tertiary/aromatic N) is 2. The van der Waals surface area contributed by atoms with Gasteiger partial charge in [-0.1, -0.05) is 73.1 Å². The fourth-order valence-electron chi connectivity index (χ4n) is 4.39. The van der Waals surface area contributed by atoms with E-state index >= 15 is 0 Å². The Morgan fingerprint density at radius 2 is 1.68 bits per heavy atom. The molecule has 3 aromatic rings. The number of carbonyl (C=O) groups is 2. The Morgan fingerprint density at radius 3 is 2.29 bits per heavy atom. The van der Waals surface area contributed by atoms with Crippen molar-refractivity contribution in [1.29, 1.82) is 0 Å². The van der Waals surface area contributed by atoms with Crippen LogP contribution in [0, 0.1) is 6.92 Å². The normalized spacial score (nSPS) is 12.7. The number of nitrogens with one attached hydrogen (secondary N) is 1. The molecule has 2 atom stereocenters. The minimum Gasteiger partial charge on any atom is -0.495 e. The van der Waals surface area contributed by atoms with Crippen LogP contribution in [0.25, 0.3) is 0 Å². The molecule has 0 aliphatic heterocycles. The number of hydrogen-bond acceptors (Lipinski definition) is 5. The standard InChI is InChI=1S/C31H38ClN3O5S/c1-6-23(3)33-31(37)28(19-24-12-8-7-9-13-24)34(20-25-14-10-11-15-26(25)32)30(36)21-35(41(5,38)39)27-18-22(2)16-17-29(27)40-4/h7-18,23,28H,6,19-21H2,1-5H3,(H,33,37)/t23-,28+/m0/s1. The molecule has 10 heteroatoms. The van der Waals surface area contributed by atoms with Crippen LogP contribution in [-0.2, 0) is 32.6 Å². The Balaban J connectivity index is 2.11. The largest absolute Gasteiger partial charge is 0.495 e. The smallest absolute Gasteiger partial charge is 0.244 e. The van der Waals surface area contributed by atoms with Gasteiger partial charge in [0.25, 0.3) is 0 Å². The molecule has 0 aliphatic rings. The van der Waals surface area contributed by atoms with Gasteiger partial charge in [0.05, 0.1) is 19.1 Å². The molecule has 1 N–H and O–H groups in total. The van der Waals surface area contributed by atoms with Crippen LogP contribution >= 0.6 is 11.6 Å². The van der Waals surface area contributed by atoms with Crippen molar-refractivity contribution in [2.24, 2.45) is 0 Å². The van der Waals surface area contributed by atoms with Crippen molar-refractivity contribution in [3.63, 3.8) is 0 Å². The maximum Gasteiger partial charge on any atom is 0.244 e. The Bertz CT molecular complexity index is 1450. The molecule has 2 amide bonds. The van der Waals surface area contributed by atoms with Crippen molar-refractivity contribution < 1.29 is 22.7 Å². The first kappa shape index (κ1) is 32.0. The first-order valence-electron chi connectivity index (χ1n) is 13.4. The van der Waals surface area contributed by atoms with Gasteiger partial charge in [0, 0.05) is 24.0 Å². The van der Waals surface area contributed by atoms with E-state index < -0.39 is 28.5 Å². The maximum atomic E-state index is 14.2. The number of ether oxygens (including phenoxy) is 1. The summed E-state index contributed by atoms with van der Waals surface area (Å²) in [5, 5.41) is 3.45. The number of rotatable bonds is 13. The van der Waals surface area contributed by atoms with E-state index in [0.717, 1.165) is 21.7 Å². The molecule has 0 aromatic heterocycles. The van der Waals surface area contributed by atoms with Crippen LogP contribution in [0.4, 0.5) is 5.69 Å². The van der Waals surface area contributed by atoms with Crippen LogP contribution in [0.5, 0.6) is 5.75 Å². The highest BCUT2D eigenvalue weighted by Crippen LogP contribution is 2.31. The van der Waals surface area contributed by atoms with Gasteiger partial charge >= 0.3 is 0 Å². The number of amides is 2. The molecular formula is C31H38ClN3O5S. The summed E-state index contributed by atoms with van der Waals surface area (Å²) in [6, 6.07) is 20.5. The van der Waals surface area contributed by atoms with E-state index in [1.54, 1.807) is 42.5 Å². The van der Waals surface area contributed by atoms with E-state index in [1.165, 1.54) is 12.0 Å². The fraction of sp³-hybridized carbons (Fsp3) is 0.355. The van der Waals surface area contributed by atoms with Gasteiger partial charge < -0.3 is 15.0 Å². The molecule has 3 aromatic carbocycles. The summed E-state index contributed by atoms with van der Waals surface area (Å²) in [5.41, 5.74) is 2.53. The molecule has 0 spiro atoms. The third-order valence-electron chi connectivity index (χ3n) is 6.85. The number of methoxy groups -OCH3 is 1. The first-order chi connectivity index (χ1) is 19.4. The molecule has 220 valence electrons. The summed E-state index contributed by atoms with van der Waals surface area (Å²) in [6.45, 7) is 5.15. The van der Waals surface area contributed by atoms with Crippen molar-refractivity contribution in [2.75, 3.05) is 24.2 Å². The predicted molar refractivity (Wildman–Crippen MR) is 164 cm³/mol. The van der Waals surface area contributed by atoms with Crippen molar-refractivity contribution >= 4 is 39.1 Å². The lowest BCUT2D eigenvalue weighted by Gasteiger charge is -2.34. The van der Waals surface area contributed by atoms with Gasteiger partial charge in [0.15, 0.2) is 0 Å². The third kappa shape index (κ3) is 8.71. The van der Waals surface area contributed by atoms with Gasteiger partial charge in [-0.25, -0.2) is 8.42 Å². The summed E-state index contributed by atoms with van der Waals surface area (Å²) in [5.74, 6) is -0.580. The summed E-state index contributed by atoms with van der Waals surface area (Å²) >= 11 is 6.49. The van der Waals surface area contributed by atoms with Crippen LogP contribution in [0.2, 0.25) is 5.02 Å². The van der Waals surface area contributed by atoms with Crippen LogP contribution in [-0.4, -0.2) is 57.1 Å². The second-order valence-corrected chi connectivity index (χ2v) is 12.4. The number of carbonyl (C=O) groups excluding carboxylic acids is 2. The topological polar surface area (TPSA) is 96.0 Å². The Morgan fingerprint density at radius 1 is 1.02 bits per heavy atom. The van der Waals surface area contributed by atoms with Gasteiger partial charge in [0.2, 0.25) is 21.8 Å². The fourth-order valence-corrected chi connectivity index (χ4v) is 5.44. The monoisotopic (exact) mass is 599 g/mol. The summed E-state index contributed by atoms with van der Waals surface area (Å²) < 4.78 is 32.6. The number of sulfonamides is 1. The highest BCUT2D eigenvalue weighted by molar-refractivity contribution is 7.92. The van der Waals surface area contributed by atoms with Crippen molar-refractivity contribution in [3.05, 3.63) is 94.5 Å². The highest BCUT2D eigenvalue weighted by atomic mass is 35.5. The molecule has 0 saturated heterocycles. The van der Waals surface area contributed by atoms with Gasteiger partial charge in [0.1, 0.15) is 18.3 Å². The van der Waals surface area contributed by atoms with E-state index in [4.69, 9.17) is 16.3 Å². The number of benzene rings is 3. The van der Waals surface area contributed by atoms with E-state index in [1.807, 2.05) is 51.1 Å². The van der Waals surface area contributed by atoms with Gasteiger partial charge in [-0.3, -0.25) is 13.9 Å². The Labute approximate surface area is 248 Å². The van der Waals surface area contributed by atoms with Crippen molar-refractivity contribution in [1.82, 2.24) is 10.2 Å². The molecule has 3 rings (SSSR count). The van der Waals surface area contributed by atoms with E-state index in [0.29, 0.717) is 22.8 Å². The molecule has 0 aliphatic carbocycles. The molecule has 0 bridgehead atoms. The van der Waals surface area contributed by atoms with E-state index in [-0.39, 0.29) is 30.6 Å². The van der Waals surface area contributed by atoms with Gasteiger partial charge in [-0.15, -0.1) is 0 Å². The SMILES string of the molecule is CC[C@H](C)NC(=O)[C@@H](Cc1ccccc1)N(Cc1ccccc1Cl)C(=O)CN(c1cc(C)ccc1OC)S(C)(=O)=O. The van der Waals surface area contributed by atoms with Crippen LogP contribution in [0.3, 0.4) is 0 Å². The zero-order valence-electron chi connectivity index (χ0n) is 24.1. The average Bonchev–Trinajstić information content (AvgIpc) is 2.94. The lowest BCUT2D eigenvalue weighted by Crippen LogP contribution is -2.54. The quantitative estimate of drug-likeness (QED) is 0.299. The highest BCUT2D eigenvalue weighted by Gasteiger charge is 2.34. The zero-order valence-corrected chi connectivity index (χ0v) is 25.7. The second-order valence-electron chi connectivity index (χ2n) is 10.1. The first-order valence-corrected chi connectivity index (χ1v) is 15.7. The molecule has 0 fully saturated rings. The molecular weight excluding hydrogens is 562 g/mol. The van der Waals surface area contributed by atoms with Gasteiger partial charge in [-0.05, 0) is 55.2 Å². The van der Waals surface area contributed by atoms with E-state index in [9.17, 15) is 18.0 Å². The lowest BCUT2D eigenvalue weighted by atomic mass is 10.0. The summed E-state index contributed by atoms with van der Waals surface area (Å²) in [6.07, 6.45) is 1.97. The van der Waals surface area contributed by atoms with Crippen molar-refractivity contribution in [2.45, 2.75) is 52.2 Å². The number of hydrogen-bond donors (Lipinski definition) is 1. The van der Waals surface area contributed by atoms with Crippen LogP contribution < -0.4 is 14.4 Å². The Kier molecular flexibility index (Phi) is 11.2. The minimum absolute atomic E-state index is 0.00644. The number of anilines is 1. The molecule has 8 nitrogen and oxygen atoms in total. The lowest BCUT2D eigenvalue weighted by molar-refractivity contribution is -0.140. The molecule has 0 heterocycles. The average molecular weight is 600 g/mol. The number of aryl methyl sites for hydroxylation is 1. The van der Waals surface area contributed by atoms with Gasteiger partial charge in [-0.2, -0.15) is 0 Å². The maximum absolute atomic E-state index is 14.2. The molecule has 41 heavy (non-hydrogen) atoms. The molecule has 0 radical (unpaired) electrons. The summed E-state index contributed by atoms with van der Waals surface area (Å²) in [4.78, 5) is 29.4. The second kappa shape index (κ2) is 14.4. The number of halogens is 1. The minimum atomic E-state index is -3.93.